The molecule has 0 saturated heterocycles. The van der Waals surface area contributed by atoms with Gasteiger partial charge in [0.1, 0.15) is 17.4 Å². The van der Waals surface area contributed by atoms with Crippen LogP contribution in [0.5, 0.6) is 0 Å². The summed E-state index contributed by atoms with van der Waals surface area (Å²) in [4.78, 5) is 11.6. The minimum Gasteiger partial charge on any atom is -0.319 e. The van der Waals surface area contributed by atoms with Crippen LogP contribution >= 0.6 is 0 Å². The maximum atomic E-state index is 13.2. The van der Waals surface area contributed by atoms with Crippen LogP contribution in [-0.2, 0) is 0 Å². The van der Waals surface area contributed by atoms with Gasteiger partial charge >= 0.3 is 0 Å². The lowest BCUT2D eigenvalue weighted by Gasteiger charge is -2.05. The minimum atomic E-state index is -0.689. The summed E-state index contributed by atoms with van der Waals surface area (Å²) in [6.45, 7) is 0. The molecule has 0 bridgehead atoms. The standard InChI is InChI=1S/C10H6FN5O/c11-7-2-1-3-8(6(7)4-12)14-10(17)9-5-13-16-15-9/h1-3,5H,(H,14,17)(H,13,15,16). The minimum absolute atomic E-state index is 0.0538. The van der Waals surface area contributed by atoms with Crippen molar-refractivity contribution in [2.45, 2.75) is 0 Å². The molecule has 0 aliphatic heterocycles. The second-order valence-electron chi connectivity index (χ2n) is 3.08. The maximum absolute atomic E-state index is 13.2. The van der Waals surface area contributed by atoms with Crippen LogP contribution in [-0.4, -0.2) is 21.3 Å². The fraction of sp³-hybridized carbons (Fsp3) is 0. The van der Waals surface area contributed by atoms with Crippen LogP contribution in [0.25, 0.3) is 0 Å². The summed E-state index contributed by atoms with van der Waals surface area (Å²) in [5.41, 5.74) is -0.0667. The van der Waals surface area contributed by atoms with Crippen molar-refractivity contribution in [2.75, 3.05) is 5.32 Å². The van der Waals surface area contributed by atoms with E-state index in [4.69, 9.17) is 5.26 Å². The van der Waals surface area contributed by atoms with Gasteiger partial charge in [0.25, 0.3) is 5.91 Å². The quantitative estimate of drug-likeness (QED) is 0.808. The normalized spacial score (nSPS) is 9.65. The summed E-state index contributed by atoms with van der Waals surface area (Å²) in [6.07, 6.45) is 1.22. The number of H-pyrrole nitrogens is 1. The summed E-state index contributed by atoms with van der Waals surface area (Å²) in [6, 6.07) is 5.65. The third-order valence-corrected chi connectivity index (χ3v) is 2.02. The number of aromatic amines is 1. The summed E-state index contributed by atoms with van der Waals surface area (Å²) in [5, 5.41) is 20.5. The van der Waals surface area contributed by atoms with Gasteiger partial charge in [0.05, 0.1) is 11.9 Å². The second-order valence-corrected chi connectivity index (χ2v) is 3.08. The summed E-state index contributed by atoms with van der Waals surface area (Å²) in [5.74, 6) is -1.26. The van der Waals surface area contributed by atoms with Crippen molar-refractivity contribution < 1.29 is 9.18 Å². The summed E-state index contributed by atoms with van der Waals surface area (Å²) < 4.78 is 13.2. The first kappa shape index (κ1) is 10.8. The van der Waals surface area contributed by atoms with Gasteiger partial charge in [-0.3, -0.25) is 4.79 Å². The molecule has 0 fully saturated rings. The van der Waals surface area contributed by atoms with Crippen molar-refractivity contribution in [3.05, 3.63) is 41.5 Å². The van der Waals surface area contributed by atoms with E-state index < -0.39 is 11.7 Å². The zero-order chi connectivity index (χ0) is 12.3. The van der Waals surface area contributed by atoms with E-state index in [1.807, 2.05) is 0 Å². The molecule has 17 heavy (non-hydrogen) atoms. The Morgan fingerprint density at radius 3 is 3.00 bits per heavy atom. The van der Waals surface area contributed by atoms with Crippen LogP contribution < -0.4 is 5.32 Å². The molecule has 2 aromatic rings. The fourth-order valence-corrected chi connectivity index (χ4v) is 1.24. The number of carbonyl (C=O) groups excluding carboxylic acids is 1. The Morgan fingerprint density at radius 1 is 1.53 bits per heavy atom. The summed E-state index contributed by atoms with van der Waals surface area (Å²) in [7, 11) is 0. The Bertz CT molecular complexity index is 587. The highest BCUT2D eigenvalue weighted by atomic mass is 19.1. The lowest BCUT2D eigenvalue weighted by atomic mass is 10.2. The number of hydrogen-bond donors (Lipinski definition) is 2. The van der Waals surface area contributed by atoms with E-state index in [1.165, 1.54) is 18.3 Å². The number of nitrogens with zero attached hydrogens (tertiary/aromatic N) is 3. The largest absolute Gasteiger partial charge is 0.319 e. The van der Waals surface area contributed by atoms with Crippen molar-refractivity contribution in [1.29, 1.82) is 5.26 Å². The molecule has 0 unspecified atom stereocenters. The van der Waals surface area contributed by atoms with E-state index in [0.29, 0.717) is 0 Å². The molecule has 7 heteroatoms. The average Bonchev–Trinajstić information content (AvgIpc) is 2.82. The maximum Gasteiger partial charge on any atom is 0.277 e. The number of amides is 1. The van der Waals surface area contributed by atoms with Crippen LogP contribution in [0, 0.1) is 17.1 Å². The van der Waals surface area contributed by atoms with Crippen molar-refractivity contribution >= 4 is 11.6 Å². The number of nitrogens with one attached hydrogen (secondary N) is 2. The van der Waals surface area contributed by atoms with Crippen LogP contribution in [0.15, 0.2) is 24.4 Å². The third-order valence-electron chi connectivity index (χ3n) is 2.02. The molecule has 1 aromatic heterocycles. The molecule has 6 nitrogen and oxygen atoms in total. The molecule has 0 aliphatic rings. The smallest absolute Gasteiger partial charge is 0.277 e. The molecule has 0 radical (unpaired) electrons. The Balaban J connectivity index is 2.29. The number of anilines is 1. The van der Waals surface area contributed by atoms with Crippen molar-refractivity contribution in [1.82, 2.24) is 15.4 Å². The molecule has 0 aliphatic carbocycles. The van der Waals surface area contributed by atoms with Gasteiger partial charge in [0, 0.05) is 0 Å². The first-order valence-corrected chi connectivity index (χ1v) is 4.58. The van der Waals surface area contributed by atoms with Crippen LogP contribution in [0.1, 0.15) is 16.1 Å². The summed E-state index contributed by atoms with van der Waals surface area (Å²) >= 11 is 0. The molecule has 2 rings (SSSR count). The Labute approximate surface area is 95.1 Å². The molecule has 0 saturated carbocycles. The molecular weight excluding hydrogens is 225 g/mol. The molecule has 1 amide bonds. The molecule has 0 atom stereocenters. The molecule has 84 valence electrons. The van der Waals surface area contributed by atoms with Crippen LogP contribution in [0.3, 0.4) is 0 Å². The van der Waals surface area contributed by atoms with Gasteiger partial charge < -0.3 is 5.32 Å². The Morgan fingerprint density at radius 2 is 2.35 bits per heavy atom. The van der Waals surface area contributed by atoms with Crippen LogP contribution in [0.2, 0.25) is 0 Å². The van der Waals surface area contributed by atoms with E-state index >= 15 is 0 Å². The zero-order valence-corrected chi connectivity index (χ0v) is 8.44. The third kappa shape index (κ3) is 2.10. The topological polar surface area (TPSA) is 94.5 Å². The first-order valence-electron chi connectivity index (χ1n) is 4.58. The highest BCUT2D eigenvalue weighted by Gasteiger charge is 2.13. The highest BCUT2D eigenvalue weighted by Crippen LogP contribution is 2.18. The number of nitriles is 1. The molecule has 1 heterocycles. The fourth-order valence-electron chi connectivity index (χ4n) is 1.24. The monoisotopic (exact) mass is 231 g/mol. The number of aromatic nitrogens is 3. The predicted octanol–water partition coefficient (Wildman–Crippen LogP) is 1.07. The number of halogens is 1. The molecule has 1 aromatic carbocycles. The van der Waals surface area contributed by atoms with Gasteiger partial charge in [-0.1, -0.05) is 6.07 Å². The van der Waals surface area contributed by atoms with Gasteiger partial charge in [-0.25, -0.2) is 4.39 Å². The Hall–Kier alpha value is -2.75. The van der Waals surface area contributed by atoms with Crippen molar-refractivity contribution in [3.63, 3.8) is 0 Å². The lowest BCUT2D eigenvalue weighted by molar-refractivity contribution is 0.102. The second kappa shape index (κ2) is 4.40. The SMILES string of the molecule is N#Cc1c(F)cccc1NC(=O)c1cn[nH]n1. The van der Waals surface area contributed by atoms with Gasteiger partial charge in [-0.15, -0.1) is 0 Å². The molecule has 0 spiro atoms. The molecular formula is C10H6FN5O. The predicted molar refractivity (Wildman–Crippen MR) is 55.5 cm³/mol. The van der Waals surface area contributed by atoms with Gasteiger partial charge in [-0.2, -0.15) is 20.7 Å². The van der Waals surface area contributed by atoms with Crippen molar-refractivity contribution in [3.8, 4) is 6.07 Å². The first-order chi connectivity index (χ1) is 8.22. The Kier molecular flexibility index (Phi) is 2.79. The van der Waals surface area contributed by atoms with E-state index in [0.717, 1.165) is 6.07 Å². The van der Waals surface area contributed by atoms with Gasteiger partial charge in [0.2, 0.25) is 0 Å². The van der Waals surface area contributed by atoms with Crippen molar-refractivity contribution in [2.24, 2.45) is 0 Å². The van der Waals surface area contributed by atoms with E-state index in [2.05, 4.69) is 20.7 Å². The van der Waals surface area contributed by atoms with Gasteiger partial charge in [-0.05, 0) is 12.1 Å². The highest BCUT2D eigenvalue weighted by molar-refractivity contribution is 6.03. The zero-order valence-electron chi connectivity index (χ0n) is 8.44. The number of benzene rings is 1. The lowest BCUT2D eigenvalue weighted by Crippen LogP contribution is -2.13. The van der Waals surface area contributed by atoms with Gasteiger partial charge in [0.15, 0.2) is 5.69 Å². The number of hydrogen-bond acceptors (Lipinski definition) is 4. The average molecular weight is 231 g/mol. The molecule has 2 N–H and O–H groups in total. The van der Waals surface area contributed by atoms with E-state index in [-0.39, 0.29) is 16.9 Å². The number of rotatable bonds is 2. The van der Waals surface area contributed by atoms with E-state index in [9.17, 15) is 9.18 Å². The number of carbonyl (C=O) groups is 1. The van der Waals surface area contributed by atoms with E-state index in [1.54, 1.807) is 6.07 Å². The van der Waals surface area contributed by atoms with Crippen LogP contribution in [0.4, 0.5) is 10.1 Å².